The van der Waals surface area contributed by atoms with Gasteiger partial charge in [0.1, 0.15) is 0 Å². The van der Waals surface area contributed by atoms with E-state index >= 15 is 0 Å². The summed E-state index contributed by atoms with van der Waals surface area (Å²) in [4.78, 5) is 24.5. The van der Waals surface area contributed by atoms with Crippen molar-refractivity contribution in [2.45, 2.75) is 48.3 Å². The maximum atomic E-state index is 13.4. The Morgan fingerprint density at radius 2 is 1.59 bits per heavy atom. The Morgan fingerprint density at radius 3 is 2.17 bits per heavy atom. The van der Waals surface area contributed by atoms with Gasteiger partial charge in [-0.3, -0.25) is 19.1 Å². The van der Waals surface area contributed by atoms with Crippen molar-refractivity contribution >= 4 is 44.9 Å². The Balaban J connectivity index is 1.62. The quantitative estimate of drug-likeness (QED) is 0.0969. The standard InChI is InChI=1S/C29H24Cl2F6N2O6S/c30-22-7-6-19(16-23(22)31)27(9-11-45-46(43,44)25-5-2-1-4-24(25)39(41)42)8-3-10-38(17-27)26(40)14-18-12-20(28(32,33)34)15-21(13-18)29(35,36)37/h1-2,4-7,12-13,15-16H,3,8-11,14,17H2. The molecule has 0 bridgehead atoms. The average Bonchev–Trinajstić information content (AvgIpc) is 2.97. The number of para-hydroxylation sites is 1. The van der Waals surface area contributed by atoms with E-state index in [1.54, 1.807) is 6.07 Å². The zero-order valence-electron chi connectivity index (χ0n) is 23.5. The second-order valence-corrected chi connectivity index (χ2v) is 13.1. The molecule has 0 radical (unpaired) electrons. The molecule has 17 heteroatoms. The van der Waals surface area contributed by atoms with Gasteiger partial charge in [0.2, 0.25) is 5.91 Å². The van der Waals surface area contributed by atoms with Crippen molar-refractivity contribution in [3.8, 4) is 0 Å². The first-order valence-electron chi connectivity index (χ1n) is 13.5. The van der Waals surface area contributed by atoms with Crippen LogP contribution in [-0.4, -0.2) is 43.8 Å². The molecule has 0 aromatic heterocycles. The molecule has 1 saturated heterocycles. The average molecular weight is 713 g/mol. The summed E-state index contributed by atoms with van der Waals surface area (Å²) in [5.41, 5.74) is -4.82. The maximum Gasteiger partial charge on any atom is 0.416 e. The molecule has 248 valence electrons. The highest BCUT2D eigenvalue weighted by molar-refractivity contribution is 7.87. The Bertz CT molecular complexity index is 1720. The van der Waals surface area contributed by atoms with E-state index in [9.17, 15) is 49.7 Å². The number of nitro benzene ring substituents is 1. The fourth-order valence-corrected chi connectivity index (χ4v) is 6.76. The van der Waals surface area contributed by atoms with E-state index < -0.39 is 79.0 Å². The molecule has 1 atom stereocenters. The minimum absolute atomic E-state index is 0.0255. The normalized spacial score (nSPS) is 17.6. The predicted molar refractivity (Wildman–Crippen MR) is 155 cm³/mol. The molecule has 1 heterocycles. The van der Waals surface area contributed by atoms with Crippen LogP contribution in [0.1, 0.15) is 41.5 Å². The third kappa shape index (κ3) is 8.11. The van der Waals surface area contributed by atoms with Gasteiger partial charge >= 0.3 is 22.5 Å². The second kappa shape index (κ2) is 13.4. The summed E-state index contributed by atoms with van der Waals surface area (Å²) in [6.07, 6.45) is -10.4. The molecule has 1 fully saturated rings. The molecule has 0 aliphatic carbocycles. The molecule has 8 nitrogen and oxygen atoms in total. The van der Waals surface area contributed by atoms with E-state index in [0.717, 1.165) is 12.1 Å². The number of hydrogen-bond donors (Lipinski definition) is 0. The molecule has 4 rings (SSSR count). The number of halogens is 8. The first kappa shape index (κ1) is 35.5. The predicted octanol–water partition coefficient (Wildman–Crippen LogP) is 7.84. The number of nitrogens with zero attached hydrogens (tertiary/aromatic N) is 2. The van der Waals surface area contributed by atoms with E-state index in [4.69, 9.17) is 27.4 Å². The molecule has 3 aromatic carbocycles. The van der Waals surface area contributed by atoms with Gasteiger partial charge in [-0.05, 0) is 66.8 Å². The second-order valence-electron chi connectivity index (χ2n) is 10.7. The van der Waals surface area contributed by atoms with Crippen LogP contribution in [0.15, 0.2) is 65.6 Å². The van der Waals surface area contributed by atoms with E-state index in [0.29, 0.717) is 30.5 Å². The van der Waals surface area contributed by atoms with Crippen molar-refractivity contribution in [2.75, 3.05) is 19.7 Å². The number of piperidine rings is 1. The highest BCUT2D eigenvalue weighted by Gasteiger charge is 2.41. The number of benzene rings is 3. The number of carbonyl (C=O) groups is 1. The lowest BCUT2D eigenvalue weighted by Gasteiger charge is -2.43. The summed E-state index contributed by atoms with van der Waals surface area (Å²) in [7, 11) is -4.62. The van der Waals surface area contributed by atoms with Gasteiger partial charge in [0.05, 0.1) is 39.1 Å². The van der Waals surface area contributed by atoms with Crippen molar-refractivity contribution in [1.82, 2.24) is 4.90 Å². The van der Waals surface area contributed by atoms with Crippen molar-refractivity contribution in [1.29, 1.82) is 0 Å². The molecular formula is C29H24Cl2F6N2O6S. The molecule has 0 N–H and O–H groups in total. The Morgan fingerprint density at radius 1 is 0.957 bits per heavy atom. The summed E-state index contributed by atoms with van der Waals surface area (Å²) < 4.78 is 111. The van der Waals surface area contributed by atoms with Crippen molar-refractivity contribution in [3.05, 3.63) is 103 Å². The Labute approximate surface area is 269 Å². The maximum absolute atomic E-state index is 13.4. The first-order valence-corrected chi connectivity index (χ1v) is 15.6. The van der Waals surface area contributed by atoms with Gasteiger partial charge in [-0.1, -0.05) is 41.4 Å². The lowest BCUT2D eigenvalue weighted by Crippen LogP contribution is -2.49. The number of likely N-dealkylation sites (tertiary alicyclic amines) is 1. The number of rotatable bonds is 9. The third-order valence-electron chi connectivity index (χ3n) is 7.61. The van der Waals surface area contributed by atoms with Gasteiger partial charge in [-0.25, -0.2) is 0 Å². The highest BCUT2D eigenvalue weighted by atomic mass is 35.5. The van der Waals surface area contributed by atoms with Crippen molar-refractivity contribution in [3.63, 3.8) is 0 Å². The minimum Gasteiger partial charge on any atom is -0.342 e. The fraction of sp³-hybridized carbons (Fsp3) is 0.345. The van der Waals surface area contributed by atoms with E-state index in [2.05, 4.69) is 0 Å². The van der Waals surface area contributed by atoms with E-state index in [1.807, 2.05) is 0 Å². The number of carbonyl (C=O) groups excluding carboxylic acids is 1. The van der Waals surface area contributed by atoms with Crippen LogP contribution < -0.4 is 0 Å². The van der Waals surface area contributed by atoms with Crippen LogP contribution in [0.25, 0.3) is 0 Å². The summed E-state index contributed by atoms with van der Waals surface area (Å²) in [5.74, 6) is -0.759. The highest BCUT2D eigenvalue weighted by Crippen LogP contribution is 2.41. The molecule has 1 aliphatic rings. The molecule has 1 amide bonds. The molecular weight excluding hydrogens is 689 g/mol. The van der Waals surface area contributed by atoms with Crippen molar-refractivity contribution in [2.24, 2.45) is 0 Å². The van der Waals surface area contributed by atoms with Gasteiger partial charge in [0, 0.05) is 24.6 Å². The van der Waals surface area contributed by atoms with Gasteiger partial charge in [-0.2, -0.15) is 34.8 Å². The monoisotopic (exact) mass is 712 g/mol. The lowest BCUT2D eigenvalue weighted by atomic mass is 9.72. The zero-order valence-corrected chi connectivity index (χ0v) is 25.8. The lowest BCUT2D eigenvalue weighted by molar-refractivity contribution is -0.387. The molecule has 1 aliphatic heterocycles. The van der Waals surface area contributed by atoms with Crippen LogP contribution in [0.4, 0.5) is 32.0 Å². The smallest absolute Gasteiger partial charge is 0.342 e. The summed E-state index contributed by atoms with van der Waals surface area (Å²) in [5, 5.41) is 11.7. The SMILES string of the molecule is O=C(Cc1cc(C(F)(F)F)cc(C(F)(F)F)c1)N1CCCC(CCOS(=O)(=O)c2ccccc2[N+](=O)[O-])(c2ccc(Cl)c(Cl)c2)C1. The molecule has 3 aromatic rings. The van der Waals surface area contributed by atoms with Crippen LogP contribution in [0.5, 0.6) is 0 Å². The Hall–Kier alpha value is -3.40. The van der Waals surface area contributed by atoms with Crippen LogP contribution in [0.2, 0.25) is 10.0 Å². The molecule has 0 saturated carbocycles. The number of alkyl halides is 6. The van der Waals surface area contributed by atoms with E-state index in [1.165, 1.54) is 29.2 Å². The summed E-state index contributed by atoms with van der Waals surface area (Å²) in [6.45, 7) is -0.509. The molecule has 0 spiro atoms. The van der Waals surface area contributed by atoms with Gasteiger partial charge in [0.25, 0.3) is 5.69 Å². The van der Waals surface area contributed by atoms with Crippen LogP contribution in [-0.2, 0) is 43.3 Å². The number of hydrogen-bond acceptors (Lipinski definition) is 6. The number of nitro groups is 1. The third-order valence-corrected chi connectivity index (χ3v) is 9.71. The van der Waals surface area contributed by atoms with E-state index in [-0.39, 0.29) is 35.6 Å². The van der Waals surface area contributed by atoms with Crippen molar-refractivity contribution < 1.29 is 48.7 Å². The first-order chi connectivity index (χ1) is 21.3. The number of amides is 1. The van der Waals surface area contributed by atoms with Crippen LogP contribution in [0.3, 0.4) is 0 Å². The minimum atomic E-state index is -5.09. The zero-order chi connectivity index (χ0) is 34.1. The largest absolute Gasteiger partial charge is 0.416 e. The molecule has 1 unspecified atom stereocenters. The van der Waals surface area contributed by atoms with Crippen LogP contribution in [0, 0.1) is 10.1 Å². The molecule has 46 heavy (non-hydrogen) atoms. The van der Waals surface area contributed by atoms with Gasteiger partial charge < -0.3 is 4.90 Å². The van der Waals surface area contributed by atoms with Gasteiger partial charge in [0.15, 0.2) is 4.90 Å². The summed E-state index contributed by atoms with van der Waals surface area (Å²) in [6, 6.07) is 10.1. The van der Waals surface area contributed by atoms with Crippen LogP contribution >= 0.6 is 23.2 Å². The van der Waals surface area contributed by atoms with Gasteiger partial charge in [-0.15, -0.1) is 0 Å². The fourth-order valence-electron chi connectivity index (χ4n) is 5.39. The Kier molecular flexibility index (Phi) is 10.3. The topological polar surface area (TPSA) is 107 Å². The summed E-state index contributed by atoms with van der Waals surface area (Å²) >= 11 is 12.3.